The molecule has 0 aliphatic carbocycles. The summed E-state index contributed by atoms with van der Waals surface area (Å²) in [6.45, 7) is 8.63. The van der Waals surface area contributed by atoms with Crippen molar-refractivity contribution in [3.63, 3.8) is 0 Å². The highest BCUT2D eigenvalue weighted by molar-refractivity contribution is 5.74. The number of rotatable bonds is 3. The van der Waals surface area contributed by atoms with Crippen molar-refractivity contribution < 1.29 is 4.79 Å². The standard InChI is InChI=1S/C8H18N2O/c1-5-8(3,4)10-7(11)9-6-2/h5-6H2,1-4H3,(H2,9,10,11). The van der Waals surface area contributed by atoms with Crippen LogP contribution in [0.25, 0.3) is 0 Å². The average molecular weight is 158 g/mol. The van der Waals surface area contributed by atoms with E-state index in [9.17, 15) is 4.79 Å². The molecule has 66 valence electrons. The molecule has 0 aromatic heterocycles. The van der Waals surface area contributed by atoms with E-state index in [0.717, 1.165) is 6.42 Å². The van der Waals surface area contributed by atoms with Crippen molar-refractivity contribution in [1.29, 1.82) is 0 Å². The third-order valence-corrected chi connectivity index (χ3v) is 1.67. The molecule has 0 spiro atoms. The average Bonchev–Trinajstić information content (AvgIpc) is 1.87. The Kier molecular flexibility index (Phi) is 3.93. The summed E-state index contributed by atoms with van der Waals surface area (Å²) in [5, 5.41) is 5.54. The van der Waals surface area contributed by atoms with Gasteiger partial charge in [-0.25, -0.2) is 4.79 Å². The summed E-state index contributed by atoms with van der Waals surface area (Å²) in [5.41, 5.74) is -0.0980. The number of carbonyl (C=O) groups is 1. The highest BCUT2D eigenvalue weighted by Gasteiger charge is 2.16. The normalized spacial score (nSPS) is 10.9. The molecule has 0 radical (unpaired) electrons. The fourth-order valence-corrected chi connectivity index (χ4v) is 0.600. The van der Waals surface area contributed by atoms with Gasteiger partial charge in [-0.2, -0.15) is 0 Å². The molecule has 0 rings (SSSR count). The predicted molar refractivity (Wildman–Crippen MR) is 46.6 cm³/mol. The Morgan fingerprint density at radius 2 is 1.91 bits per heavy atom. The largest absolute Gasteiger partial charge is 0.338 e. The summed E-state index contributed by atoms with van der Waals surface area (Å²) in [4.78, 5) is 11.0. The van der Waals surface area contributed by atoms with E-state index in [-0.39, 0.29) is 11.6 Å². The van der Waals surface area contributed by atoms with E-state index in [1.165, 1.54) is 0 Å². The summed E-state index contributed by atoms with van der Waals surface area (Å²) in [6, 6.07) is -0.0839. The number of urea groups is 1. The molecule has 3 heteroatoms. The number of carbonyl (C=O) groups excluding carboxylic acids is 1. The quantitative estimate of drug-likeness (QED) is 0.642. The smallest absolute Gasteiger partial charge is 0.315 e. The van der Waals surface area contributed by atoms with E-state index in [2.05, 4.69) is 10.6 Å². The van der Waals surface area contributed by atoms with Crippen molar-refractivity contribution in [3.05, 3.63) is 0 Å². The predicted octanol–water partition coefficient (Wildman–Crippen LogP) is 1.49. The number of hydrogen-bond acceptors (Lipinski definition) is 1. The van der Waals surface area contributed by atoms with E-state index in [4.69, 9.17) is 0 Å². The Morgan fingerprint density at radius 1 is 1.36 bits per heavy atom. The van der Waals surface area contributed by atoms with E-state index < -0.39 is 0 Å². The van der Waals surface area contributed by atoms with E-state index in [0.29, 0.717) is 6.54 Å². The number of nitrogens with one attached hydrogen (secondary N) is 2. The summed E-state index contributed by atoms with van der Waals surface area (Å²) in [6.07, 6.45) is 0.935. The third-order valence-electron chi connectivity index (χ3n) is 1.67. The van der Waals surface area contributed by atoms with Gasteiger partial charge in [0.1, 0.15) is 0 Å². The first-order valence-corrected chi connectivity index (χ1v) is 4.08. The third kappa shape index (κ3) is 4.65. The van der Waals surface area contributed by atoms with Crippen LogP contribution in [0.5, 0.6) is 0 Å². The summed E-state index contributed by atoms with van der Waals surface area (Å²) >= 11 is 0. The molecule has 0 aliphatic heterocycles. The Bertz CT molecular complexity index is 132. The van der Waals surface area contributed by atoms with Crippen molar-refractivity contribution in [2.45, 2.75) is 39.7 Å². The molecule has 0 unspecified atom stereocenters. The lowest BCUT2D eigenvalue weighted by molar-refractivity contribution is 0.229. The molecule has 0 aromatic carbocycles. The van der Waals surface area contributed by atoms with Gasteiger partial charge >= 0.3 is 6.03 Å². The van der Waals surface area contributed by atoms with Gasteiger partial charge in [-0.05, 0) is 27.2 Å². The molecule has 0 heterocycles. The van der Waals surface area contributed by atoms with Crippen LogP contribution in [0.15, 0.2) is 0 Å². The van der Waals surface area contributed by atoms with Crippen LogP contribution in [0.2, 0.25) is 0 Å². The van der Waals surface area contributed by atoms with Gasteiger partial charge in [-0.3, -0.25) is 0 Å². The second-order valence-corrected chi connectivity index (χ2v) is 3.22. The molecule has 3 nitrogen and oxygen atoms in total. The van der Waals surface area contributed by atoms with Gasteiger partial charge in [0.15, 0.2) is 0 Å². The lowest BCUT2D eigenvalue weighted by atomic mass is 10.0. The maximum Gasteiger partial charge on any atom is 0.315 e. The van der Waals surface area contributed by atoms with Crippen LogP contribution in [-0.4, -0.2) is 18.1 Å². The lowest BCUT2D eigenvalue weighted by Crippen LogP contribution is -2.47. The minimum Gasteiger partial charge on any atom is -0.338 e. The zero-order valence-electron chi connectivity index (χ0n) is 7.82. The minimum absolute atomic E-state index is 0.0839. The Labute approximate surface area is 68.6 Å². The molecule has 0 bridgehead atoms. The zero-order valence-corrected chi connectivity index (χ0v) is 7.82. The van der Waals surface area contributed by atoms with Crippen LogP contribution in [0.4, 0.5) is 4.79 Å². The van der Waals surface area contributed by atoms with Gasteiger partial charge < -0.3 is 10.6 Å². The number of amides is 2. The van der Waals surface area contributed by atoms with Gasteiger partial charge in [0, 0.05) is 12.1 Å². The second-order valence-electron chi connectivity index (χ2n) is 3.22. The van der Waals surface area contributed by atoms with Crippen molar-refractivity contribution in [3.8, 4) is 0 Å². The van der Waals surface area contributed by atoms with Gasteiger partial charge in [0.05, 0.1) is 0 Å². The molecule has 0 atom stereocenters. The SMILES string of the molecule is CCNC(=O)NC(C)(C)CC. The Balaban J connectivity index is 3.74. The molecule has 0 saturated carbocycles. The van der Waals surface area contributed by atoms with E-state index in [1.54, 1.807) is 0 Å². The molecular formula is C8H18N2O. The monoisotopic (exact) mass is 158 g/mol. The van der Waals surface area contributed by atoms with Crippen LogP contribution in [0.3, 0.4) is 0 Å². The van der Waals surface area contributed by atoms with Crippen molar-refractivity contribution in [2.24, 2.45) is 0 Å². The first-order chi connectivity index (χ1) is 5.02. The topological polar surface area (TPSA) is 41.1 Å². The summed E-state index contributed by atoms with van der Waals surface area (Å²) in [5.74, 6) is 0. The van der Waals surface area contributed by atoms with Gasteiger partial charge in [0.2, 0.25) is 0 Å². The van der Waals surface area contributed by atoms with E-state index in [1.807, 2.05) is 27.7 Å². The van der Waals surface area contributed by atoms with Gasteiger partial charge in [0.25, 0.3) is 0 Å². The van der Waals surface area contributed by atoms with Crippen molar-refractivity contribution >= 4 is 6.03 Å². The first kappa shape index (κ1) is 10.3. The molecule has 0 fully saturated rings. The molecule has 0 aliphatic rings. The lowest BCUT2D eigenvalue weighted by Gasteiger charge is -2.24. The van der Waals surface area contributed by atoms with Crippen LogP contribution in [0, 0.1) is 0 Å². The van der Waals surface area contributed by atoms with Gasteiger partial charge in [-0.1, -0.05) is 6.92 Å². The van der Waals surface area contributed by atoms with Crippen molar-refractivity contribution in [1.82, 2.24) is 10.6 Å². The molecule has 0 aromatic rings. The highest BCUT2D eigenvalue weighted by atomic mass is 16.2. The molecule has 2 N–H and O–H groups in total. The van der Waals surface area contributed by atoms with Crippen LogP contribution < -0.4 is 10.6 Å². The fraction of sp³-hybridized carbons (Fsp3) is 0.875. The second kappa shape index (κ2) is 4.21. The van der Waals surface area contributed by atoms with Crippen LogP contribution in [-0.2, 0) is 0 Å². The maximum atomic E-state index is 11.0. The number of hydrogen-bond donors (Lipinski definition) is 2. The zero-order chi connectivity index (χ0) is 8.91. The summed E-state index contributed by atoms with van der Waals surface area (Å²) in [7, 11) is 0. The Hall–Kier alpha value is -0.730. The maximum absolute atomic E-state index is 11.0. The van der Waals surface area contributed by atoms with Gasteiger partial charge in [-0.15, -0.1) is 0 Å². The van der Waals surface area contributed by atoms with Crippen LogP contribution in [0.1, 0.15) is 34.1 Å². The highest BCUT2D eigenvalue weighted by Crippen LogP contribution is 2.05. The molecule has 11 heavy (non-hydrogen) atoms. The van der Waals surface area contributed by atoms with Crippen LogP contribution >= 0.6 is 0 Å². The summed E-state index contributed by atoms with van der Waals surface area (Å²) < 4.78 is 0. The Morgan fingerprint density at radius 3 is 2.27 bits per heavy atom. The van der Waals surface area contributed by atoms with E-state index >= 15 is 0 Å². The fourth-order valence-electron chi connectivity index (χ4n) is 0.600. The molecule has 0 saturated heterocycles. The molecular weight excluding hydrogens is 140 g/mol. The minimum atomic E-state index is -0.0980. The molecule has 2 amide bonds. The first-order valence-electron chi connectivity index (χ1n) is 4.08. The van der Waals surface area contributed by atoms with Crippen molar-refractivity contribution in [2.75, 3.05) is 6.54 Å².